The molecule has 1 amide bonds. The Morgan fingerprint density at radius 3 is 2.42 bits per heavy atom. The third-order valence-electron chi connectivity index (χ3n) is 6.06. The lowest BCUT2D eigenvalue weighted by Gasteiger charge is -2.43. The smallest absolute Gasteiger partial charge is 0.263 e. The highest BCUT2D eigenvalue weighted by Crippen LogP contribution is 2.27. The van der Waals surface area contributed by atoms with Crippen LogP contribution in [0.4, 0.5) is 5.69 Å². The third-order valence-corrected chi connectivity index (χ3v) is 7.22. The van der Waals surface area contributed by atoms with Crippen LogP contribution < -0.4 is 10.2 Å². The van der Waals surface area contributed by atoms with Crippen LogP contribution in [0.25, 0.3) is 23.0 Å². The molecule has 0 saturated carbocycles. The van der Waals surface area contributed by atoms with E-state index in [0.717, 1.165) is 43.1 Å². The maximum Gasteiger partial charge on any atom is 0.263 e. The molecule has 3 aromatic rings. The fourth-order valence-electron chi connectivity index (χ4n) is 4.20. The first-order valence-electron chi connectivity index (χ1n) is 11.0. The predicted molar refractivity (Wildman–Crippen MR) is 138 cm³/mol. The number of thiocarbonyl (C=S) groups is 1. The number of piperazine rings is 1. The number of nitrogens with one attached hydrogen (secondary N) is 1. The molecule has 0 spiro atoms. The summed E-state index contributed by atoms with van der Waals surface area (Å²) in [6, 6.07) is 12.4. The van der Waals surface area contributed by atoms with Crippen molar-refractivity contribution < 1.29 is 4.79 Å². The van der Waals surface area contributed by atoms with Crippen molar-refractivity contribution in [2.75, 3.05) is 31.1 Å². The molecule has 0 bridgehead atoms. The van der Waals surface area contributed by atoms with E-state index < -0.39 is 0 Å². The summed E-state index contributed by atoms with van der Waals surface area (Å²) in [5.74, 6) is -0.184. The van der Waals surface area contributed by atoms with Gasteiger partial charge < -0.3 is 10.2 Å². The van der Waals surface area contributed by atoms with Gasteiger partial charge in [0.2, 0.25) is 0 Å². The van der Waals surface area contributed by atoms with Crippen molar-refractivity contribution in [1.82, 2.24) is 24.8 Å². The molecule has 2 saturated heterocycles. The van der Waals surface area contributed by atoms with E-state index in [0.29, 0.717) is 14.9 Å². The summed E-state index contributed by atoms with van der Waals surface area (Å²) in [6.07, 6.45) is 3.59. The first-order chi connectivity index (χ1) is 15.8. The summed E-state index contributed by atoms with van der Waals surface area (Å²) in [5.41, 5.74) is 4.85. The van der Waals surface area contributed by atoms with E-state index in [1.807, 2.05) is 22.8 Å². The van der Waals surface area contributed by atoms with Gasteiger partial charge in [-0.15, -0.1) is 0 Å². The van der Waals surface area contributed by atoms with Crippen LogP contribution in [-0.2, 0) is 4.79 Å². The van der Waals surface area contributed by atoms with E-state index >= 15 is 0 Å². The lowest BCUT2D eigenvalue weighted by molar-refractivity contribution is -0.115. The normalized spacial score (nSPS) is 19.0. The molecular weight excluding hydrogens is 452 g/mol. The number of aromatic nitrogens is 3. The van der Waals surface area contributed by atoms with Crippen molar-refractivity contribution in [3.05, 3.63) is 53.2 Å². The molecule has 0 unspecified atom stereocenters. The molecule has 0 radical (unpaired) electrons. The summed E-state index contributed by atoms with van der Waals surface area (Å²) in [5, 5.41) is 7.34. The van der Waals surface area contributed by atoms with Crippen molar-refractivity contribution in [2.45, 2.75) is 26.3 Å². The highest BCUT2D eigenvalue weighted by Gasteiger charge is 2.26. The van der Waals surface area contributed by atoms with Crippen molar-refractivity contribution in [3.63, 3.8) is 0 Å². The number of benzene rings is 1. The van der Waals surface area contributed by atoms with Crippen molar-refractivity contribution in [3.8, 4) is 11.3 Å². The number of fused-ring (bicyclic) bond motifs is 1. The maximum absolute atomic E-state index is 12.0. The van der Waals surface area contributed by atoms with Gasteiger partial charge >= 0.3 is 0 Å². The van der Waals surface area contributed by atoms with Gasteiger partial charge in [0.15, 0.2) is 5.65 Å². The molecule has 4 heterocycles. The number of carbonyl (C=O) groups excluding carboxylic acids is 1. The number of hydrogen-bond acceptors (Lipinski definition) is 7. The van der Waals surface area contributed by atoms with Gasteiger partial charge in [-0.3, -0.25) is 9.69 Å². The zero-order valence-electron chi connectivity index (χ0n) is 18.9. The van der Waals surface area contributed by atoms with Crippen LogP contribution in [0.3, 0.4) is 0 Å². The quantitative estimate of drug-likeness (QED) is 0.454. The van der Waals surface area contributed by atoms with E-state index in [9.17, 15) is 4.79 Å². The Morgan fingerprint density at radius 1 is 1.06 bits per heavy atom. The molecule has 0 atom stereocenters. The molecule has 9 heteroatoms. The lowest BCUT2D eigenvalue weighted by atomic mass is 10.0. The average molecular weight is 479 g/mol. The lowest BCUT2D eigenvalue weighted by Crippen LogP contribution is -2.53. The Hall–Kier alpha value is -2.75. The molecule has 0 aliphatic carbocycles. The van der Waals surface area contributed by atoms with Crippen LogP contribution in [0.5, 0.6) is 0 Å². The van der Waals surface area contributed by atoms with Crippen LogP contribution in [-0.4, -0.2) is 61.4 Å². The topological polar surface area (TPSA) is 65.8 Å². The van der Waals surface area contributed by atoms with Crippen LogP contribution in [0.2, 0.25) is 0 Å². The minimum Gasteiger partial charge on any atom is -0.369 e. The van der Waals surface area contributed by atoms with E-state index in [4.69, 9.17) is 17.3 Å². The van der Waals surface area contributed by atoms with Gasteiger partial charge in [-0.25, -0.2) is 9.50 Å². The van der Waals surface area contributed by atoms with Crippen molar-refractivity contribution in [1.29, 1.82) is 0 Å². The molecule has 1 aromatic carbocycles. The van der Waals surface area contributed by atoms with Crippen molar-refractivity contribution in [2.24, 2.45) is 0 Å². The number of nitrogens with zero attached hydrogens (tertiary/aromatic N) is 5. The van der Waals surface area contributed by atoms with Gasteiger partial charge in [0.25, 0.3) is 5.91 Å². The second-order valence-corrected chi connectivity index (χ2v) is 10.9. The molecule has 7 nitrogen and oxygen atoms in total. The molecule has 2 fully saturated rings. The van der Waals surface area contributed by atoms with Gasteiger partial charge in [0, 0.05) is 43.0 Å². The Balaban J connectivity index is 1.37. The molecule has 5 rings (SSSR count). The summed E-state index contributed by atoms with van der Waals surface area (Å²) in [6.45, 7) is 11.0. The second-order valence-electron chi connectivity index (χ2n) is 9.22. The Bertz CT molecular complexity index is 1250. The SMILES string of the molecule is CC(C)(C)N1CCN(c2ccc(-c3cnc4ccc(/C=C5\SC(=S)NC5=O)nn34)cc2)CC1. The standard InChI is InChI=1S/C24H26N6OS2/c1-24(2,3)29-12-10-28(11-13-29)18-7-4-16(5-8-18)19-15-25-21-9-6-17(27-30(19)21)14-20-22(31)26-23(32)33-20/h4-9,14-15H,10-13H2,1-3H3,(H,26,31,32)/b20-14-. The van der Waals surface area contributed by atoms with Gasteiger partial charge in [0.05, 0.1) is 22.5 Å². The number of thioether (sulfide) groups is 1. The van der Waals surface area contributed by atoms with E-state index in [-0.39, 0.29) is 11.4 Å². The minimum atomic E-state index is -0.184. The van der Waals surface area contributed by atoms with Gasteiger partial charge in [-0.1, -0.05) is 36.1 Å². The fraction of sp³-hybridized carbons (Fsp3) is 0.333. The Labute approximate surface area is 202 Å². The molecule has 2 aliphatic heterocycles. The zero-order valence-corrected chi connectivity index (χ0v) is 20.5. The van der Waals surface area contributed by atoms with Gasteiger partial charge in [-0.05, 0) is 51.1 Å². The first-order valence-corrected chi connectivity index (χ1v) is 12.2. The summed E-state index contributed by atoms with van der Waals surface area (Å²) < 4.78 is 2.29. The van der Waals surface area contributed by atoms with E-state index in [1.54, 1.807) is 6.08 Å². The first kappa shape index (κ1) is 22.1. The third kappa shape index (κ3) is 4.53. The number of carbonyl (C=O) groups is 1. The molecule has 33 heavy (non-hydrogen) atoms. The molecule has 1 N–H and O–H groups in total. The van der Waals surface area contributed by atoms with E-state index in [2.05, 4.69) is 65.1 Å². The number of amides is 1. The highest BCUT2D eigenvalue weighted by atomic mass is 32.2. The minimum absolute atomic E-state index is 0.184. The van der Waals surface area contributed by atoms with Crippen LogP contribution in [0.1, 0.15) is 26.5 Å². The summed E-state index contributed by atoms with van der Waals surface area (Å²) in [7, 11) is 0. The Morgan fingerprint density at radius 2 is 1.79 bits per heavy atom. The summed E-state index contributed by atoms with van der Waals surface area (Å²) >= 11 is 6.32. The van der Waals surface area contributed by atoms with Crippen LogP contribution in [0.15, 0.2) is 47.5 Å². The second kappa shape index (κ2) is 8.55. The van der Waals surface area contributed by atoms with Crippen LogP contribution >= 0.6 is 24.0 Å². The van der Waals surface area contributed by atoms with Gasteiger partial charge in [0.1, 0.15) is 4.32 Å². The zero-order chi connectivity index (χ0) is 23.2. The maximum atomic E-state index is 12.0. The number of rotatable bonds is 3. The molecular formula is C24H26N6OS2. The number of anilines is 1. The van der Waals surface area contributed by atoms with Gasteiger partial charge in [-0.2, -0.15) is 5.10 Å². The molecule has 170 valence electrons. The molecule has 2 aromatic heterocycles. The number of imidazole rings is 1. The average Bonchev–Trinajstić information content (AvgIpc) is 3.35. The van der Waals surface area contributed by atoms with Crippen molar-refractivity contribution >= 4 is 51.6 Å². The number of hydrogen-bond donors (Lipinski definition) is 1. The highest BCUT2D eigenvalue weighted by molar-refractivity contribution is 8.26. The molecule has 2 aliphatic rings. The van der Waals surface area contributed by atoms with E-state index in [1.165, 1.54) is 17.4 Å². The predicted octanol–water partition coefficient (Wildman–Crippen LogP) is 3.81. The largest absolute Gasteiger partial charge is 0.369 e. The summed E-state index contributed by atoms with van der Waals surface area (Å²) in [4.78, 5) is 22.0. The fourth-order valence-corrected chi connectivity index (χ4v) is 5.22. The monoisotopic (exact) mass is 478 g/mol. The van der Waals surface area contributed by atoms with Crippen LogP contribution in [0, 0.1) is 0 Å². The Kier molecular flexibility index (Phi) is 5.72.